The average molecular weight is 236 g/mol. The third kappa shape index (κ3) is 2.55. The first kappa shape index (κ1) is 12.2. The molecule has 1 atom stereocenters. The van der Waals surface area contributed by atoms with E-state index in [0.717, 1.165) is 17.9 Å². The van der Waals surface area contributed by atoms with Gasteiger partial charge in [-0.05, 0) is 48.4 Å². The van der Waals surface area contributed by atoms with Crippen molar-refractivity contribution in [3.8, 4) is 11.5 Å². The van der Waals surface area contributed by atoms with Gasteiger partial charge in [-0.2, -0.15) is 0 Å². The molecule has 94 valence electrons. The highest BCUT2D eigenvalue weighted by Crippen LogP contribution is 2.35. The molecule has 3 nitrogen and oxygen atoms in total. The molecule has 0 radical (unpaired) electrons. The lowest BCUT2D eigenvalue weighted by Crippen LogP contribution is -2.16. The van der Waals surface area contributed by atoms with E-state index in [4.69, 9.17) is 9.47 Å². The maximum atomic E-state index is 9.39. The summed E-state index contributed by atoms with van der Waals surface area (Å²) in [5.74, 6) is 2.43. The van der Waals surface area contributed by atoms with Crippen LogP contribution in [0.2, 0.25) is 0 Å². The van der Waals surface area contributed by atoms with Crippen LogP contribution in [-0.4, -0.2) is 18.5 Å². The molecule has 0 fully saturated rings. The molecule has 1 aliphatic heterocycles. The Labute approximate surface area is 102 Å². The quantitative estimate of drug-likeness (QED) is 0.873. The van der Waals surface area contributed by atoms with Crippen LogP contribution in [0.5, 0.6) is 11.5 Å². The molecule has 1 unspecified atom stereocenters. The lowest BCUT2D eigenvalue weighted by molar-refractivity contribution is 0.173. The lowest BCUT2D eigenvalue weighted by atomic mass is 9.88. The summed E-state index contributed by atoms with van der Waals surface area (Å²) in [5, 5.41) is 9.39. The summed E-state index contributed by atoms with van der Waals surface area (Å²) in [5.41, 5.74) is 2.44. The Morgan fingerprint density at radius 3 is 2.47 bits per heavy atom. The number of benzene rings is 1. The van der Waals surface area contributed by atoms with E-state index in [1.807, 2.05) is 12.1 Å². The second-order valence-electron chi connectivity index (χ2n) is 5.02. The van der Waals surface area contributed by atoms with Gasteiger partial charge < -0.3 is 14.6 Å². The predicted molar refractivity (Wildman–Crippen MR) is 66.4 cm³/mol. The Morgan fingerprint density at radius 1 is 1.24 bits per heavy atom. The van der Waals surface area contributed by atoms with Crippen LogP contribution >= 0.6 is 0 Å². The molecule has 3 heteroatoms. The number of fused-ring (bicyclic) bond motifs is 1. The second kappa shape index (κ2) is 4.96. The molecule has 0 saturated heterocycles. The molecule has 17 heavy (non-hydrogen) atoms. The topological polar surface area (TPSA) is 38.7 Å². The first-order chi connectivity index (χ1) is 8.11. The van der Waals surface area contributed by atoms with Crippen LogP contribution in [0, 0.1) is 18.8 Å². The number of hydrogen-bond donors (Lipinski definition) is 1. The van der Waals surface area contributed by atoms with Crippen molar-refractivity contribution >= 4 is 0 Å². The third-order valence-electron chi connectivity index (χ3n) is 3.49. The summed E-state index contributed by atoms with van der Waals surface area (Å²) in [6.45, 7) is 6.90. The summed E-state index contributed by atoms with van der Waals surface area (Å²) in [6, 6.07) is 4.06. The van der Waals surface area contributed by atoms with Crippen molar-refractivity contribution in [1.82, 2.24) is 0 Å². The van der Waals surface area contributed by atoms with Gasteiger partial charge in [0.2, 0.25) is 6.79 Å². The Kier molecular flexibility index (Phi) is 3.57. The van der Waals surface area contributed by atoms with Crippen LogP contribution in [0.15, 0.2) is 12.1 Å². The SMILES string of the molecule is Cc1cc2c(cc1CC(CO)C(C)C)OCO2. The van der Waals surface area contributed by atoms with Gasteiger partial charge in [-0.25, -0.2) is 0 Å². The fourth-order valence-corrected chi connectivity index (χ4v) is 2.10. The molecule has 0 spiro atoms. The van der Waals surface area contributed by atoms with Crippen LogP contribution in [0.25, 0.3) is 0 Å². The highest BCUT2D eigenvalue weighted by molar-refractivity contribution is 5.48. The second-order valence-corrected chi connectivity index (χ2v) is 5.02. The first-order valence-corrected chi connectivity index (χ1v) is 6.11. The van der Waals surface area contributed by atoms with E-state index in [0.29, 0.717) is 18.6 Å². The zero-order valence-electron chi connectivity index (χ0n) is 10.7. The van der Waals surface area contributed by atoms with E-state index >= 15 is 0 Å². The summed E-state index contributed by atoms with van der Waals surface area (Å²) in [7, 11) is 0. The van der Waals surface area contributed by atoms with Crippen LogP contribution < -0.4 is 9.47 Å². The molecule has 2 rings (SSSR count). The van der Waals surface area contributed by atoms with E-state index in [1.54, 1.807) is 0 Å². The Balaban J connectivity index is 2.21. The molecule has 0 bridgehead atoms. The molecule has 1 aromatic rings. The summed E-state index contributed by atoms with van der Waals surface area (Å²) < 4.78 is 10.7. The highest BCUT2D eigenvalue weighted by Gasteiger charge is 2.19. The smallest absolute Gasteiger partial charge is 0.231 e. The standard InChI is InChI=1S/C14H20O3/c1-9(2)12(7-15)5-11-6-14-13(4-10(11)3)16-8-17-14/h4,6,9,12,15H,5,7-8H2,1-3H3. The maximum Gasteiger partial charge on any atom is 0.231 e. The van der Waals surface area contributed by atoms with Crippen LogP contribution in [0.3, 0.4) is 0 Å². The zero-order chi connectivity index (χ0) is 12.4. The van der Waals surface area contributed by atoms with Gasteiger partial charge in [0.15, 0.2) is 11.5 Å². The van der Waals surface area contributed by atoms with Gasteiger partial charge in [-0.3, -0.25) is 0 Å². The van der Waals surface area contributed by atoms with Gasteiger partial charge in [0.1, 0.15) is 0 Å². The molecule has 1 aromatic carbocycles. The van der Waals surface area contributed by atoms with Crippen molar-refractivity contribution in [2.24, 2.45) is 11.8 Å². The van der Waals surface area contributed by atoms with Crippen LogP contribution in [-0.2, 0) is 6.42 Å². The number of hydrogen-bond acceptors (Lipinski definition) is 3. The van der Waals surface area contributed by atoms with Gasteiger partial charge in [0.05, 0.1) is 0 Å². The molecule has 1 heterocycles. The fraction of sp³-hybridized carbons (Fsp3) is 0.571. The monoisotopic (exact) mass is 236 g/mol. The number of aryl methyl sites for hydroxylation is 1. The van der Waals surface area contributed by atoms with Gasteiger partial charge in [-0.1, -0.05) is 13.8 Å². The minimum atomic E-state index is 0.228. The van der Waals surface area contributed by atoms with Crippen molar-refractivity contribution in [3.63, 3.8) is 0 Å². The van der Waals surface area contributed by atoms with Crippen molar-refractivity contribution in [2.45, 2.75) is 27.2 Å². The Hall–Kier alpha value is -1.22. The predicted octanol–water partition coefficient (Wildman–Crippen LogP) is 2.53. The van der Waals surface area contributed by atoms with Crippen molar-refractivity contribution in [3.05, 3.63) is 23.3 Å². The minimum absolute atomic E-state index is 0.228. The number of aliphatic hydroxyl groups is 1. The van der Waals surface area contributed by atoms with Crippen molar-refractivity contribution in [2.75, 3.05) is 13.4 Å². The summed E-state index contributed by atoms with van der Waals surface area (Å²) in [6.07, 6.45) is 0.886. The minimum Gasteiger partial charge on any atom is -0.454 e. The highest BCUT2D eigenvalue weighted by atomic mass is 16.7. The number of aliphatic hydroxyl groups excluding tert-OH is 1. The first-order valence-electron chi connectivity index (χ1n) is 6.11. The van der Waals surface area contributed by atoms with E-state index in [1.165, 1.54) is 11.1 Å². The molecule has 0 amide bonds. The lowest BCUT2D eigenvalue weighted by Gasteiger charge is -2.19. The van der Waals surface area contributed by atoms with E-state index < -0.39 is 0 Å². The Bertz CT molecular complexity index is 399. The van der Waals surface area contributed by atoms with E-state index in [9.17, 15) is 5.11 Å². The molecule has 1 aliphatic rings. The summed E-state index contributed by atoms with van der Waals surface area (Å²) in [4.78, 5) is 0. The van der Waals surface area contributed by atoms with E-state index in [-0.39, 0.29) is 6.61 Å². The molecular formula is C14H20O3. The van der Waals surface area contributed by atoms with Gasteiger partial charge in [-0.15, -0.1) is 0 Å². The zero-order valence-corrected chi connectivity index (χ0v) is 10.7. The normalized spacial score (nSPS) is 15.4. The molecule has 0 aromatic heterocycles. The molecule has 1 N–H and O–H groups in total. The van der Waals surface area contributed by atoms with Crippen molar-refractivity contribution < 1.29 is 14.6 Å². The number of ether oxygens (including phenoxy) is 2. The van der Waals surface area contributed by atoms with E-state index in [2.05, 4.69) is 20.8 Å². The van der Waals surface area contributed by atoms with Crippen molar-refractivity contribution in [1.29, 1.82) is 0 Å². The average Bonchev–Trinajstić information content (AvgIpc) is 2.72. The van der Waals surface area contributed by atoms with Gasteiger partial charge >= 0.3 is 0 Å². The maximum absolute atomic E-state index is 9.39. The van der Waals surface area contributed by atoms with Gasteiger partial charge in [0.25, 0.3) is 0 Å². The Morgan fingerprint density at radius 2 is 1.88 bits per heavy atom. The fourth-order valence-electron chi connectivity index (χ4n) is 2.10. The van der Waals surface area contributed by atoms with Gasteiger partial charge in [0, 0.05) is 6.61 Å². The summed E-state index contributed by atoms with van der Waals surface area (Å²) >= 11 is 0. The number of rotatable bonds is 4. The molecule has 0 aliphatic carbocycles. The largest absolute Gasteiger partial charge is 0.454 e. The van der Waals surface area contributed by atoms with Crippen LogP contribution in [0.1, 0.15) is 25.0 Å². The molecular weight excluding hydrogens is 216 g/mol. The molecule has 0 saturated carbocycles. The van der Waals surface area contributed by atoms with Crippen LogP contribution in [0.4, 0.5) is 0 Å². The third-order valence-corrected chi connectivity index (χ3v) is 3.49.